The van der Waals surface area contributed by atoms with Crippen LogP contribution in [0.2, 0.25) is 0 Å². The summed E-state index contributed by atoms with van der Waals surface area (Å²) in [7, 11) is 0. The molecule has 1 atom stereocenters. The predicted octanol–water partition coefficient (Wildman–Crippen LogP) is 3.26. The van der Waals surface area contributed by atoms with Crippen molar-refractivity contribution >= 4 is 0 Å². The van der Waals surface area contributed by atoms with Crippen molar-refractivity contribution in [2.45, 2.75) is 26.4 Å². The van der Waals surface area contributed by atoms with E-state index in [1.165, 1.54) is 33.6 Å². The lowest BCUT2D eigenvalue weighted by Gasteiger charge is -2.17. The summed E-state index contributed by atoms with van der Waals surface area (Å²) in [6, 6.07) is 20.3. The average molecular weight is 289 g/mol. The number of fused-ring (bicyclic) bond motifs is 3. The normalized spacial score (nSPS) is 16.7. The van der Waals surface area contributed by atoms with Crippen LogP contribution in [0.15, 0.2) is 60.8 Å². The van der Waals surface area contributed by atoms with Crippen molar-refractivity contribution in [3.63, 3.8) is 0 Å². The van der Waals surface area contributed by atoms with Gasteiger partial charge in [-0.3, -0.25) is 0 Å². The summed E-state index contributed by atoms with van der Waals surface area (Å²) < 4.78 is 2.35. The summed E-state index contributed by atoms with van der Waals surface area (Å²) in [6.45, 7) is 5.40. The molecule has 2 heteroatoms. The van der Waals surface area contributed by atoms with Gasteiger partial charge in [-0.1, -0.05) is 35.9 Å². The van der Waals surface area contributed by atoms with E-state index in [0.717, 1.165) is 6.54 Å². The number of nitrogens with two attached hydrogens (primary N) is 1. The highest BCUT2D eigenvalue weighted by Crippen LogP contribution is 2.28. The standard InChI is InChI=1S/C20H20N2/c1-14-9-10-15(2)17(12-14)20-19-8-5-11-22(19)18-7-4-3-6-16(18)13-21-20/h3-12,20-21H,13H2,1-2H3/p+1/t20-/m0/s1. The van der Waals surface area contributed by atoms with Crippen LogP contribution in [0.1, 0.15) is 34.0 Å². The van der Waals surface area contributed by atoms with Crippen LogP contribution in [0.4, 0.5) is 0 Å². The molecule has 0 saturated heterocycles. The first-order valence-corrected chi connectivity index (χ1v) is 7.90. The van der Waals surface area contributed by atoms with E-state index in [0.29, 0.717) is 6.04 Å². The highest BCUT2D eigenvalue weighted by molar-refractivity contribution is 5.46. The van der Waals surface area contributed by atoms with Crippen LogP contribution in [-0.4, -0.2) is 4.57 Å². The van der Waals surface area contributed by atoms with Gasteiger partial charge in [0.25, 0.3) is 0 Å². The fourth-order valence-electron chi connectivity index (χ4n) is 3.53. The highest BCUT2D eigenvalue weighted by atomic mass is 15.1. The molecule has 1 aliphatic heterocycles. The first kappa shape index (κ1) is 13.4. The Morgan fingerprint density at radius 1 is 1.00 bits per heavy atom. The van der Waals surface area contributed by atoms with Crippen LogP contribution in [0.5, 0.6) is 0 Å². The zero-order chi connectivity index (χ0) is 15.1. The van der Waals surface area contributed by atoms with E-state index in [1.54, 1.807) is 0 Å². The Morgan fingerprint density at radius 2 is 1.86 bits per heavy atom. The van der Waals surface area contributed by atoms with Gasteiger partial charge >= 0.3 is 0 Å². The first-order valence-electron chi connectivity index (χ1n) is 7.90. The van der Waals surface area contributed by atoms with Crippen LogP contribution in [0, 0.1) is 13.8 Å². The molecule has 0 saturated carbocycles. The molecule has 2 nitrogen and oxygen atoms in total. The van der Waals surface area contributed by atoms with Gasteiger partial charge in [-0.05, 0) is 43.7 Å². The van der Waals surface area contributed by atoms with Gasteiger partial charge in [-0.15, -0.1) is 0 Å². The Bertz CT molecular complexity index is 829. The lowest BCUT2D eigenvalue weighted by atomic mass is 9.96. The molecule has 4 rings (SSSR count). The van der Waals surface area contributed by atoms with Crippen LogP contribution in [0.25, 0.3) is 5.69 Å². The lowest BCUT2D eigenvalue weighted by Crippen LogP contribution is -2.83. The molecule has 2 aromatic carbocycles. The van der Waals surface area contributed by atoms with E-state index in [4.69, 9.17) is 0 Å². The minimum Gasteiger partial charge on any atom is -0.331 e. The van der Waals surface area contributed by atoms with Gasteiger partial charge in [0.05, 0.1) is 11.4 Å². The number of benzene rings is 2. The van der Waals surface area contributed by atoms with E-state index in [1.807, 2.05) is 0 Å². The monoisotopic (exact) mass is 289 g/mol. The third kappa shape index (κ3) is 2.08. The average Bonchev–Trinajstić information content (AvgIpc) is 2.95. The second-order valence-corrected chi connectivity index (χ2v) is 6.21. The van der Waals surface area contributed by atoms with Crippen molar-refractivity contribution in [1.82, 2.24) is 4.57 Å². The predicted molar refractivity (Wildman–Crippen MR) is 89.2 cm³/mol. The minimum absolute atomic E-state index is 0.349. The molecular weight excluding hydrogens is 268 g/mol. The summed E-state index contributed by atoms with van der Waals surface area (Å²) in [5.74, 6) is 0. The van der Waals surface area contributed by atoms with Gasteiger partial charge in [0.1, 0.15) is 6.54 Å². The van der Waals surface area contributed by atoms with Crippen molar-refractivity contribution in [3.8, 4) is 5.69 Å². The maximum Gasteiger partial charge on any atom is 0.153 e. The molecule has 0 fully saturated rings. The molecule has 0 aliphatic carbocycles. The van der Waals surface area contributed by atoms with Gasteiger partial charge in [-0.2, -0.15) is 0 Å². The zero-order valence-corrected chi connectivity index (χ0v) is 13.1. The van der Waals surface area contributed by atoms with E-state index in [9.17, 15) is 0 Å². The molecule has 2 N–H and O–H groups in total. The van der Waals surface area contributed by atoms with Crippen molar-refractivity contribution in [2.75, 3.05) is 0 Å². The van der Waals surface area contributed by atoms with E-state index < -0.39 is 0 Å². The van der Waals surface area contributed by atoms with Gasteiger partial charge < -0.3 is 9.88 Å². The van der Waals surface area contributed by atoms with E-state index in [-0.39, 0.29) is 0 Å². The summed E-state index contributed by atoms with van der Waals surface area (Å²) in [5.41, 5.74) is 8.19. The molecule has 0 bridgehead atoms. The molecule has 0 amide bonds. The number of rotatable bonds is 1. The highest BCUT2D eigenvalue weighted by Gasteiger charge is 2.27. The van der Waals surface area contributed by atoms with Gasteiger partial charge in [0.2, 0.25) is 0 Å². The fourth-order valence-corrected chi connectivity index (χ4v) is 3.53. The van der Waals surface area contributed by atoms with Crippen LogP contribution >= 0.6 is 0 Å². The summed E-state index contributed by atoms with van der Waals surface area (Å²) in [5, 5.41) is 2.46. The maximum absolute atomic E-state index is 2.46. The van der Waals surface area contributed by atoms with Crippen molar-refractivity contribution in [3.05, 3.63) is 88.7 Å². The molecule has 1 aliphatic rings. The SMILES string of the molecule is Cc1ccc(C)c([C@@H]2[NH2+]Cc3ccccc3-n3cccc32)c1. The van der Waals surface area contributed by atoms with Crippen LogP contribution in [-0.2, 0) is 6.54 Å². The summed E-state index contributed by atoms with van der Waals surface area (Å²) >= 11 is 0. The second-order valence-electron chi connectivity index (χ2n) is 6.21. The first-order chi connectivity index (χ1) is 10.7. The van der Waals surface area contributed by atoms with Crippen LogP contribution in [0.3, 0.4) is 0 Å². The number of quaternary nitrogens is 1. The third-order valence-electron chi connectivity index (χ3n) is 4.69. The fraction of sp³-hybridized carbons (Fsp3) is 0.200. The number of nitrogens with zero attached hydrogens (tertiary/aromatic N) is 1. The molecule has 110 valence electrons. The van der Waals surface area contributed by atoms with Gasteiger partial charge in [0.15, 0.2) is 6.04 Å². The largest absolute Gasteiger partial charge is 0.331 e. The van der Waals surface area contributed by atoms with E-state index >= 15 is 0 Å². The molecule has 2 heterocycles. The molecule has 0 radical (unpaired) electrons. The number of hydrogen-bond acceptors (Lipinski definition) is 0. The molecule has 22 heavy (non-hydrogen) atoms. The Labute approximate surface area is 131 Å². The zero-order valence-electron chi connectivity index (χ0n) is 13.1. The smallest absolute Gasteiger partial charge is 0.153 e. The maximum atomic E-state index is 2.46. The molecule has 0 unspecified atom stereocenters. The Morgan fingerprint density at radius 3 is 2.77 bits per heavy atom. The third-order valence-corrected chi connectivity index (χ3v) is 4.69. The second kappa shape index (κ2) is 5.15. The minimum atomic E-state index is 0.349. The summed E-state index contributed by atoms with van der Waals surface area (Å²) in [4.78, 5) is 0. The number of para-hydroxylation sites is 1. The Hall–Kier alpha value is -2.32. The molecule has 1 aromatic heterocycles. The van der Waals surface area contributed by atoms with Gasteiger partial charge in [-0.25, -0.2) is 0 Å². The molecule has 3 aromatic rings. The Kier molecular flexibility index (Phi) is 3.12. The topological polar surface area (TPSA) is 21.5 Å². The number of aromatic nitrogens is 1. The van der Waals surface area contributed by atoms with Crippen molar-refractivity contribution in [1.29, 1.82) is 0 Å². The summed E-state index contributed by atoms with van der Waals surface area (Å²) in [6.07, 6.45) is 2.19. The number of hydrogen-bond donors (Lipinski definition) is 1. The van der Waals surface area contributed by atoms with E-state index in [2.05, 4.69) is 84.5 Å². The quantitative estimate of drug-likeness (QED) is 0.710. The number of aryl methyl sites for hydroxylation is 2. The molecular formula is C20H21N2+. The van der Waals surface area contributed by atoms with Gasteiger partial charge in [0, 0.05) is 17.3 Å². The lowest BCUT2D eigenvalue weighted by molar-refractivity contribution is -0.702. The van der Waals surface area contributed by atoms with Crippen LogP contribution < -0.4 is 5.32 Å². The van der Waals surface area contributed by atoms with Crippen molar-refractivity contribution in [2.24, 2.45) is 0 Å². The Balaban J connectivity index is 1.90. The molecule has 0 spiro atoms. The van der Waals surface area contributed by atoms with Crippen molar-refractivity contribution < 1.29 is 5.32 Å².